The molecule has 2 aliphatic heterocycles. The number of carbonyl (C=O) groups is 1. The molecule has 2 heterocycles. The van der Waals surface area contributed by atoms with Gasteiger partial charge in [0, 0.05) is 32.1 Å². The molecule has 0 spiro atoms. The third-order valence-corrected chi connectivity index (χ3v) is 7.32. The van der Waals surface area contributed by atoms with Gasteiger partial charge in [-0.05, 0) is 51.0 Å². The summed E-state index contributed by atoms with van der Waals surface area (Å²) in [7, 11) is -3.42. The van der Waals surface area contributed by atoms with Crippen LogP contribution in [0, 0.1) is 0 Å². The van der Waals surface area contributed by atoms with Gasteiger partial charge in [-0.3, -0.25) is 4.79 Å². The minimum atomic E-state index is -3.42. The number of nitrogens with zero attached hydrogens (tertiary/aromatic N) is 2. The maximum atomic E-state index is 12.9. The highest BCUT2D eigenvalue weighted by molar-refractivity contribution is 7.91. The minimum Gasteiger partial charge on any atom is -0.337 e. The smallest absolute Gasteiger partial charge is 0.223 e. The summed E-state index contributed by atoms with van der Waals surface area (Å²) in [5.41, 5.74) is 0. The Bertz CT molecular complexity index is 696. The number of sulfone groups is 1. The minimum absolute atomic E-state index is 0.0415. The van der Waals surface area contributed by atoms with Gasteiger partial charge in [0.2, 0.25) is 5.91 Å². The van der Waals surface area contributed by atoms with Crippen molar-refractivity contribution in [2.45, 2.75) is 43.0 Å². The van der Waals surface area contributed by atoms with Gasteiger partial charge >= 0.3 is 0 Å². The van der Waals surface area contributed by atoms with Crippen molar-refractivity contribution in [3.05, 3.63) is 30.3 Å². The van der Waals surface area contributed by atoms with Crippen molar-refractivity contribution in [3.8, 4) is 0 Å². The molecule has 1 atom stereocenters. The first-order valence-corrected chi connectivity index (χ1v) is 11.7. The van der Waals surface area contributed by atoms with Crippen molar-refractivity contribution in [1.82, 2.24) is 15.1 Å². The van der Waals surface area contributed by atoms with E-state index in [0.717, 1.165) is 39.1 Å². The molecule has 6 nitrogen and oxygen atoms in total. The molecule has 0 saturated carbocycles. The Kier molecular flexibility index (Phi) is 7.26. The van der Waals surface area contributed by atoms with Crippen LogP contribution in [-0.2, 0) is 14.6 Å². The zero-order chi connectivity index (χ0) is 19.1. The predicted octanol–water partition coefficient (Wildman–Crippen LogP) is 1.53. The number of rotatable bonds is 8. The maximum Gasteiger partial charge on any atom is 0.223 e. The summed E-state index contributed by atoms with van der Waals surface area (Å²) in [6, 6.07) is 8.58. The second-order valence-electron chi connectivity index (χ2n) is 7.52. The second kappa shape index (κ2) is 9.66. The fraction of sp³-hybridized carbons (Fsp3) is 0.650. The maximum absolute atomic E-state index is 12.9. The number of likely N-dealkylation sites (tertiary alicyclic amines) is 1. The van der Waals surface area contributed by atoms with Crippen molar-refractivity contribution in [2.24, 2.45) is 0 Å². The first kappa shape index (κ1) is 20.3. The van der Waals surface area contributed by atoms with Gasteiger partial charge in [0.1, 0.15) is 0 Å². The van der Waals surface area contributed by atoms with Crippen LogP contribution in [0.15, 0.2) is 35.2 Å². The van der Waals surface area contributed by atoms with Crippen LogP contribution >= 0.6 is 0 Å². The van der Waals surface area contributed by atoms with E-state index in [2.05, 4.69) is 10.2 Å². The summed E-state index contributed by atoms with van der Waals surface area (Å²) in [5, 5.41) is 3.32. The molecule has 7 heteroatoms. The SMILES string of the molecule is O=C(CCS(=O)(=O)c1ccccc1)N(CCN1CCCCC1)C1CCNC1. The Morgan fingerprint density at radius 3 is 2.56 bits per heavy atom. The highest BCUT2D eigenvalue weighted by Crippen LogP contribution is 2.15. The summed E-state index contributed by atoms with van der Waals surface area (Å²) in [5.74, 6) is -0.170. The van der Waals surface area contributed by atoms with Crippen LogP contribution in [0.4, 0.5) is 0 Å². The van der Waals surface area contributed by atoms with Crippen molar-refractivity contribution in [1.29, 1.82) is 0 Å². The van der Waals surface area contributed by atoms with Crippen molar-refractivity contribution in [3.63, 3.8) is 0 Å². The van der Waals surface area contributed by atoms with Crippen molar-refractivity contribution < 1.29 is 13.2 Å². The normalized spacial score (nSPS) is 21.3. The Morgan fingerprint density at radius 1 is 1.15 bits per heavy atom. The first-order chi connectivity index (χ1) is 13.1. The molecule has 3 rings (SSSR count). The van der Waals surface area contributed by atoms with Crippen LogP contribution in [0.5, 0.6) is 0 Å². The second-order valence-corrected chi connectivity index (χ2v) is 9.63. The van der Waals surface area contributed by atoms with E-state index < -0.39 is 9.84 Å². The fourth-order valence-corrected chi connectivity index (χ4v) is 5.21. The Balaban J connectivity index is 1.58. The third kappa shape index (κ3) is 5.77. The van der Waals surface area contributed by atoms with Crippen molar-refractivity contribution >= 4 is 15.7 Å². The topological polar surface area (TPSA) is 69.7 Å². The molecule has 0 bridgehead atoms. The molecule has 1 N–H and O–H groups in total. The van der Waals surface area contributed by atoms with Gasteiger partial charge < -0.3 is 15.1 Å². The number of amides is 1. The van der Waals surface area contributed by atoms with Crippen LogP contribution in [0.25, 0.3) is 0 Å². The Hall–Kier alpha value is -1.44. The van der Waals surface area contributed by atoms with E-state index in [9.17, 15) is 13.2 Å². The zero-order valence-corrected chi connectivity index (χ0v) is 16.8. The lowest BCUT2D eigenvalue weighted by Gasteiger charge is -2.33. The largest absolute Gasteiger partial charge is 0.337 e. The number of nitrogens with one attached hydrogen (secondary N) is 1. The van der Waals surface area contributed by atoms with Gasteiger partial charge in [0.25, 0.3) is 0 Å². The summed E-state index contributed by atoms with van der Waals surface area (Å²) in [4.78, 5) is 17.5. The monoisotopic (exact) mass is 393 g/mol. The molecule has 1 aromatic carbocycles. The van der Waals surface area contributed by atoms with Crippen molar-refractivity contribution in [2.75, 3.05) is 45.0 Å². The lowest BCUT2D eigenvalue weighted by Crippen LogP contribution is -2.46. The van der Waals surface area contributed by atoms with Gasteiger partial charge in [-0.15, -0.1) is 0 Å². The molecule has 2 aliphatic rings. The lowest BCUT2D eigenvalue weighted by molar-refractivity contribution is -0.133. The molecule has 27 heavy (non-hydrogen) atoms. The molecule has 1 unspecified atom stereocenters. The Morgan fingerprint density at radius 2 is 1.89 bits per heavy atom. The molecule has 150 valence electrons. The number of hydrogen-bond donors (Lipinski definition) is 1. The quantitative estimate of drug-likeness (QED) is 0.725. The first-order valence-electron chi connectivity index (χ1n) is 10.1. The molecule has 2 fully saturated rings. The molecule has 0 aliphatic carbocycles. The molecular weight excluding hydrogens is 362 g/mol. The van der Waals surface area contributed by atoms with Crippen LogP contribution in [0.3, 0.4) is 0 Å². The average molecular weight is 394 g/mol. The van der Waals surface area contributed by atoms with E-state index in [1.54, 1.807) is 30.3 Å². The number of hydrogen-bond acceptors (Lipinski definition) is 5. The van der Waals surface area contributed by atoms with Gasteiger partial charge in [-0.1, -0.05) is 24.6 Å². The summed E-state index contributed by atoms with van der Waals surface area (Å²) >= 11 is 0. The third-order valence-electron chi connectivity index (χ3n) is 5.59. The van der Waals surface area contributed by atoms with E-state index in [4.69, 9.17) is 0 Å². The molecule has 1 amide bonds. The average Bonchev–Trinajstić information content (AvgIpc) is 3.23. The van der Waals surface area contributed by atoms with Crippen LogP contribution in [-0.4, -0.2) is 75.2 Å². The molecule has 0 aromatic heterocycles. The van der Waals surface area contributed by atoms with Gasteiger partial charge in [-0.25, -0.2) is 8.42 Å². The lowest BCUT2D eigenvalue weighted by atomic mass is 10.1. The van der Waals surface area contributed by atoms with Gasteiger partial charge in [-0.2, -0.15) is 0 Å². The van der Waals surface area contributed by atoms with Gasteiger partial charge in [0.05, 0.1) is 10.6 Å². The Labute approximate surface area is 162 Å². The van der Waals surface area contributed by atoms with E-state index in [0.29, 0.717) is 11.4 Å². The van der Waals surface area contributed by atoms with E-state index in [1.165, 1.54) is 19.3 Å². The standard InChI is InChI=1S/C20H31N3O3S/c24-20(10-16-27(25,26)19-7-3-1-4-8-19)23(18-9-11-21-17-18)15-14-22-12-5-2-6-13-22/h1,3-4,7-8,18,21H,2,5-6,9-17H2. The van der Waals surface area contributed by atoms with E-state index in [-0.39, 0.29) is 24.1 Å². The van der Waals surface area contributed by atoms with Gasteiger partial charge in [0.15, 0.2) is 9.84 Å². The molecule has 2 saturated heterocycles. The predicted molar refractivity (Wildman–Crippen MR) is 106 cm³/mol. The van der Waals surface area contributed by atoms with Crippen LogP contribution in [0.1, 0.15) is 32.1 Å². The number of piperidine rings is 1. The summed E-state index contributed by atoms with van der Waals surface area (Å²) in [6.45, 7) is 5.50. The van der Waals surface area contributed by atoms with Crippen LogP contribution < -0.4 is 5.32 Å². The number of benzene rings is 1. The highest BCUT2D eigenvalue weighted by atomic mass is 32.2. The van der Waals surface area contributed by atoms with E-state index in [1.807, 2.05) is 4.90 Å². The summed E-state index contributed by atoms with van der Waals surface area (Å²) < 4.78 is 25.0. The fourth-order valence-electron chi connectivity index (χ4n) is 3.96. The molecular formula is C20H31N3O3S. The summed E-state index contributed by atoms with van der Waals surface area (Å²) in [6.07, 6.45) is 4.75. The number of carbonyl (C=O) groups excluding carboxylic acids is 1. The molecule has 0 radical (unpaired) electrons. The van der Waals surface area contributed by atoms with E-state index >= 15 is 0 Å². The highest BCUT2D eigenvalue weighted by Gasteiger charge is 2.28. The van der Waals surface area contributed by atoms with Crippen LogP contribution in [0.2, 0.25) is 0 Å². The zero-order valence-electron chi connectivity index (χ0n) is 16.0. The molecule has 1 aromatic rings.